The molecule has 0 saturated heterocycles. The number of hydrogen-bond acceptors (Lipinski definition) is 0. The molecule has 0 nitrogen and oxygen atoms in total. The number of rotatable bonds is 3. The van der Waals surface area contributed by atoms with E-state index in [2.05, 4.69) is 91.2 Å². The fourth-order valence-electron chi connectivity index (χ4n) is 2.71. The van der Waals surface area contributed by atoms with Crippen LogP contribution < -0.4 is 37.2 Å². The second-order valence-electron chi connectivity index (χ2n) is 7.26. The van der Waals surface area contributed by atoms with Gasteiger partial charge in [0.05, 0.1) is 0 Å². The molecular formula is C18H25Cl3SiTi. The van der Waals surface area contributed by atoms with Gasteiger partial charge in [-0.25, -0.2) is 0 Å². The first-order valence-electron chi connectivity index (χ1n) is 7.35. The van der Waals surface area contributed by atoms with Gasteiger partial charge < -0.3 is 37.2 Å². The molecule has 1 atom stereocenters. The maximum Gasteiger partial charge on any atom is -1.00 e. The van der Waals surface area contributed by atoms with Gasteiger partial charge in [-0.15, -0.1) is 0 Å². The van der Waals surface area contributed by atoms with E-state index in [0.29, 0.717) is 0 Å². The van der Waals surface area contributed by atoms with E-state index < -0.39 is 8.07 Å². The molecule has 2 rings (SSSR count). The van der Waals surface area contributed by atoms with Crippen LogP contribution >= 0.6 is 0 Å². The van der Waals surface area contributed by atoms with E-state index in [9.17, 15) is 0 Å². The second-order valence-corrected chi connectivity index (χ2v) is 13.8. The van der Waals surface area contributed by atoms with Gasteiger partial charge in [0, 0.05) is 0 Å². The van der Waals surface area contributed by atoms with Gasteiger partial charge in [-0.2, -0.15) is 0 Å². The van der Waals surface area contributed by atoms with Gasteiger partial charge in [-0.3, -0.25) is 0 Å². The van der Waals surface area contributed by atoms with E-state index in [1.54, 1.807) is 5.20 Å². The maximum atomic E-state index is 2.52. The minimum absolute atomic E-state index is 0. The van der Waals surface area contributed by atoms with Crippen molar-refractivity contribution in [2.24, 2.45) is 0 Å². The van der Waals surface area contributed by atoms with Gasteiger partial charge in [-0.1, -0.05) is 0 Å². The zero-order chi connectivity index (χ0) is 15.1. The van der Waals surface area contributed by atoms with Crippen LogP contribution in [0.25, 0.3) is 0 Å². The standard InChI is InChI=1S/C18H25Si.3ClH.Ti/c1-13-9-15(3)17(10-14(13)2)11-16-7-8-18(12-16)19(4,5)6;;;;/h7-10,12H,11H2,1-6H3;3*1H;/q;;;;+3/p-3. The van der Waals surface area contributed by atoms with E-state index in [-0.39, 0.29) is 40.9 Å². The minimum atomic E-state index is -1.19. The van der Waals surface area contributed by atoms with E-state index in [1.165, 1.54) is 22.3 Å². The molecule has 126 valence electrons. The van der Waals surface area contributed by atoms with Crippen LogP contribution in [0.5, 0.6) is 0 Å². The van der Waals surface area contributed by atoms with Crippen LogP contribution in [0.2, 0.25) is 23.4 Å². The van der Waals surface area contributed by atoms with E-state index in [0.717, 1.165) is 6.42 Å². The summed E-state index contributed by atoms with van der Waals surface area (Å²) in [5, 5.41) is 1.60. The number of hydrogen-bond donors (Lipinski definition) is 0. The number of allylic oxidation sites excluding steroid dienone is 4. The summed E-state index contributed by atoms with van der Waals surface area (Å²) in [6.45, 7) is 13.9. The van der Waals surface area contributed by atoms with Crippen molar-refractivity contribution in [3.8, 4) is 0 Å². The summed E-state index contributed by atoms with van der Waals surface area (Å²) in [5.41, 5.74) is 5.73. The molecule has 1 aliphatic rings. The largest absolute Gasteiger partial charge is 1.00 e. The Morgan fingerprint density at radius 1 is 0.913 bits per heavy atom. The van der Waals surface area contributed by atoms with Crippen molar-refractivity contribution in [3.63, 3.8) is 0 Å². The molecular weight excluding hydrogens is 399 g/mol. The molecule has 1 aromatic rings. The molecule has 0 heterocycles. The first-order valence-corrected chi connectivity index (χ1v) is 11.6. The van der Waals surface area contributed by atoms with E-state index >= 15 is 0 Å². The zero-order valence-electron chi connectivity index (χ0n) is 14.7. The van der Waals surface area contributed by atoms with Crippen LogP contribution in [-0.2, 0) is 26.9 Å². The van der Waals surface area contributed by atoms with Gasteiger partial charge in [0.1, 0.15) is 0 Å². The van der Waals surface area contributed by atoms with E-state index in [4.69, 9.17) is 0 Å². The van der Waals surface area contributed by atoms with Gasteiger partial charge in [0.2, 0.25) is 0 Å². The average Bonchev–Trinajstić information content (AvgIpc) is 2.68. The summed E-state index contributed by atoms with van der Waals surface area (Å²) >= 11 is 2.37. The third-order valence-electron chi connectivity index (χ3n) is 4.27. The molecule has 0 spiro atoms. The average molecular weight is 424 g/mol. The third-order valence-corrected chi connectivity index (χ3v) is 7.08. The molecule has 1 unspecified atom stereocenters. The molecule has 0 N–H and O–H groups in total. The summed E-state index contributed by atoms with van der Waals surface area (Å²) in [4.78, 5) is 0. The summed E-state index contributed by atoms with van der Waals surface area (Å²) in [6, 6.07) is 4.71. The van der Waals surface area contributed by atoms with Crippen LogP contribution in [0, 0.1) is 20.8 Å². The molecule has 5 heteroatoms. The Kier molecular flexibility index (Phi) is 10.4. The Morgan fingerprint density at radius 3 is 1.91 bits per heavy atom. The smallest absolute Gasteiger partial charge is 1.00 e. The molecule has 0 amide bonds. The van der Waals surface area contributed by atoms with Crippen LogP contribution in [0.4, 0.5) is 0 Å². The Bertz CT molecular complexity index is 603. The van der Waals surface area contributed by atoms with Gasteiger partial charge in [-0.05, 0) is 0 Å². The first kappa shape index (κ1) is 25.7. The topological polar surface area (TPSA) is 0 Å². The van der Waals surface area contributed by atoms with Crippen LogP contribution in [0.3, 0.4) is 0 Å². The van der Waals surface area contributed by atoms with Crippen molar-refractivity contribution in [2.45, 2.75) is 50.6 Å². The molecule has 1 aromatic carbocycles. The SMILES string of the molecule is Cc1cc(C)c(C[C]2([Ti+3])C=CC([Si](C)(C)C)=C2)cc1C.[Cl-].[Cl-].[Cl-]. The van der Waals surface area contributed by atoms with Crippen molar-refractivity contribution >= 4 is 8.07 Å². The van der Waals surface area contributed by atoms with Crippen molar-refractivity contribution in [3.05, 3.63) is 57.8 Å². The predicted molar refractivity (Wildman–Crippen MR) is 87.6 cm³/mol. The van der Waals surface area contributed by atoms with Crippen LogP contribution in [-0.4, -0.2) is 8.07 Å². The molecule has 0 aliphatic heterocycles. The second kappa shape index (κ2) is 9.27. The van der Waals surface area contributed by atoms with E-state index in [1.807, 2.05) is 0 Å². The Hall–Kier alpha value is 0.501. The quantitative estimate of drug-likeness (QED) is 0.438. The summed E-state index contributed by atoms with van der Waals surface area (Å²) < 4.78 is 0.196. The fourth-order valence-corrected chi connectivity index (χ4v) is 4.88. The molecule has 0 bridgehead atoms. The van der Waals surface area contributed by atoms with Gasteiger partial charge in [0.25, 0.3) is 0 Å². The van der Waals surface area contributed by atoms with Crippen molar-refractivity contribution in [1.82, 2.24) is 0 Å². The summed E-state index contributed by atoms with van der Waals surface area (Å²) in [5.74, 6) is 0. The number of benzene rings is 1. The van der Waals surface area contributed by atoms with Crippen LogP contribution in [0.1, 0.15) is 22.3 Å². The molecule has 0 radical (unpaired) electrons. The van der Waals surface area contributed by atoms with Gasteiger partial charge in [0.15, 0.2) is 0 Å². The molecule has 0 aromatic heterocycles. The Labute approximate surface area is 173 Å². The Balaban J connectivity index is 0. The fraction of sp³-hybridized carbons (Fsp3) is 0.444. The number of aryl methyl sites for hydroxylation is 3. The maximum absolute atomic E-state index is 2.52. The summed E-state index contributed by atoms with van der Waals surface area (Å²) in [6.07, 6.45) is 8.43. The third kappa shape index (κ3) is 6.38. The Morgan fingerprint density at radius 2 is 1.43 bits per heavy atom. The molecule has 1 aliphatic carbocycles. The minimum Gasteiger partial charge on any atom is -1.00 e. The van der Waals surface area contributed by atoms with Crippen molar-refractivity contribution in [1.29, 1.82) is 0 Å². The first-order chi connectivity index (χ1) is 9.11. The number of halogens is 3. The summed E-state index contributed by atoms with van der Waals surface area (Å²) in [7, 11) is -1.19. The van der Waals surface area contributed by atoms with Crippen molar-refractivity contribution in [2.75, 3.05) is 0 Å². The zero-order valence-corrected chi connectivity index (χ0v) is 19.6. The molecule has 0 saturated carbocycles. The van der Waals surface area contributed by atoms with Crippen molar-refractivity contribution < 1.29 is 57.7 Å². The van der Waals surface area contributed by atoms with Gasteiger partial charge >= 0.3 is 137 Å². The predicted octanol–water partition coefficient (Wildman–Crippen LogP) is -3.75. The monoisotopic (exact) mass is 422 g/mol. The van der Waals surface area contributed by atoms with Crippen LogP contribution in [0.15, 0.2) is 35.6 Å². The molecule has 0 fully saturated rings. The normalized spacial score (nSPS) is 19.4. The molecule has 23 heavy (non-hydrogen) atoms.